The van der Waals surface area contributed by atoms with Gasteiger partial charge in [0, 0.05) is 23.8 Å². The molecule has 0 aliphatic carbocycles. The van der Waals surface area contributed by atoms with E-state index in [1.807, 2.05) is 30.0 Å². The SMILES string of the molecule is CCN(CCCS(=O)(=O)O)c1cccc(Cl)c1. The van der Waals surface area contributed by atoms with E-state index in [1.54, 1.807) is 6.07 Å². The average Bonchev–Trinajstić information content (AvgIpc) is 2.23. The quantitative estimate of drug-likeness (QED) is 0.812. The summed E-state index contributed by atoms with van der Waals surface area (Å²) in [4.78, 5) is 2.01. The lowest BCUT2D eigenvalue weighted by Gasteiger charge is -2.22. The molecular formula is C11H16ClNO3S. The molecule has 0 radical (unpaired) electrons. The second-order valence-corrected chi connectivity index (χ2v) is 5.71. The van der Waals surface area contributed by atoms with Gasteiger partial charge in [-0.2, -0.15) is 8.42 Å². The van der Waals surface area contributed by atoms with Gasteiger partial charge in [-0.3, -0.25) is 4.55 Å². The molecule has 1 aromatic rings. The fourth-order valence-electron chi connectivity index (χ4n) is 1.58. The van der Waals surface area contributed by atoms with Gasteiger partial charge in [0.05, 0.1) is 5.75 Å². The summed E-state index contributed by atoms with van der Waals surface area (Å²) in [5.74, 6) is -0.218. The van der Waals surface area contributed by atoms with Gasteiger partial charge in [-0.15, -0.1) is 0 Å². The average molecular weight is 278 g/mol. The highest BCUT2D eigenvalue weighted by Crippen LogP contribution is 2.19. The molecule has 0 saturated carbocycles. The number of nitrogens with zero attached hydrogens (tertiary/aromatic N) is 1. The lowest BCUT2D eigenvalue weighted by molar-refractivity contribution is 0.481. The maximum atomic E-state index is 10.6. The first-order valence-electron chi connectivity index (χ1n) is 5.38. The summed E-state index contributed by atoms with van der Waals surface area (Å²) in [6, 6.07) is 7.39. The van der Waals surface area contributed by atoms with Crippen LogP contribution in [-0.2, 0) is 10.1 Å². The Kier molecular flexibility index (Phi) is 5.24. The van der Waals surface area contributed by atoms with Crippen LogP contribution in [0.5, 0.6) is 0 Å². The van der Waals surface area contributed by atoms with Crippen molar-refractivity contribution < 1.29 is 13.0 Å². The Balaban J connectivity index is 2.60. The van der Waals surface area contributed by atoms with Crippen LogP contribution < -0.4 is 4.90 Å². The highest BCUT2D eigenvalue weighted by molar-refractivity contribution is 7.85. The van der Waals surface area contributed by atoms with Gasteiger partial charge >= 0.3 is 0 Å². The van der Waals surface area contributed by atoms with Crippen LogP contribution in [0.2, 0.25) is 5.02 Å². The number of halogens is 1. The number of hydrogen-bond acceptors (Lipinski definition) is 3. The first-order valence-corrected chi connectivity index (χ1v) is 7.37. The van der Waals surface area contributed by atoms with E-state index < -0.39 is 10.1 Å². The van der Waals surface area contributed by atoms with Crippen molar-refractivity contribution in [3.8, 4) is 0 Å². The van der Waals surface area contributed by atoms with Crippen molar-refractivity contribution in [1.29, 1.82) is 0 Å². The van der Waals surface area contributed by atoms with E-state index in [4.69, 9.17) is 16.2 Å². The van der Waals surface area contributed by atoms with E-state index in [0.717, 1.165) is 12.2 Å². The second kappa shape index (κ2) is 6.23. The molecule has 0 bridgehead atoms. The minimum Gasteiger partial charge on any atom is -0.372 e. The van der Waals surface area contributed by atoms with Crippen molar-refractivity contribution >= 4 is 27.4 Å². The van der Waals surface area contributed by atoms with Crippen molar-refractivity contribution in [2.24, 2.45) is 0 Å². The molecule has 96 valence electrons. The van der Waals surface area contributed by atoms with Gasteiger partial charge < -0.3 is 4.90 Å². The number of hydrogen-bond donors (Lipinski definition) is 1. The zero-order valence-electron chi connectivity index (χ0n) is 9.63. The van der Waals surface area contributed by atoms with E-state index in [-0.39, 0.29) is 5.75 Å². The molecule has 0 saturated heterocycles. The van der Waals surface area contributed by atoms with Gasteiger partial charge in [-0.05, 0) is 31.5 Å². The molecular weight excluding hydrogens is 262 g/mol. The standard InChI is InChI=1S/C11H16ClNO3S/c1-2-13(7-4-8-17(14,15)16)11-6-3-5-10(12)9-11/h3,5-6,9H,2,4,7-8H2,1H3,(H,14,15,16). The van der Waals surface area contributed by atoms with Crippen molar-refractivity contribution in [2.75, 3.05) is 23.7 Å². The third-order valence-electron chi connectivity index (χ3n) is 2.39. The van der Waals surface area contributed by atoms with Crippen LogP contribution in [0.1, 0.15) is 13.3 Å². The van der Waals surface area contributed by atoms with E-state index in [1.165, 1.54) is 0 Å². The first kappa shape index (κ1) is 14.3. The predicted octanol–water partition coefficient (Wildman–Crippen LogP) is 2.44. The maximum Gasteiger partial charge on any atom is 0.264 e. The van der Waals surface area contributed by atoms with Crippen LogP contribution >= 0.6 is 11.6 Å². The molecule has 1 N–H and O–H groups in total. The Bertz CT molecular complexity index is 462. The highest BCUT2D eigenvalue weighted by Gasteiger charge is 2.08. The van der Waals surface area contributed by atoms with Crippen molar-refractivity contribution in [2.45, 2.75) is 13.3 Å². The van der Waals surface area contributed by atoms with E-state index >= 15 is 0 Å². The second-order valence-electron chi connectivity index (χ2n) is 3.70. The van der Waals surface area contributed by atoms with Gasteiger partial charge in [-0.25, -0.2) is 0 Å². The smallest absolute Gasteiger partial charge is 0.264 e. The van der Waals surface area contributed by atoms with Gasteiger partial charge in [0.1, 0.15) is 0 Å². The van der Waals surface area contributed by atoms with Crippen LogP contribution in [0.4, 0.5) is 5.69 Å². The van der Waals surface area contributed by atoms with E-state index in [2.05, 4.69) is 0 Å². The zero-order chi connectivity index (χ0) is 12.9. The van der Waals surface area contributed by atoms with Crippen LogP contribution in [0.15, 0.2) is 24.3 Å². The molecule has 0 aliphatic heterocycles. The highest BCUT2D eigenvalue weighted by atomic mass is 35.5. The maximum absolute atomic E-state index is 10.6. The summed E-state index contributed by atoms with van der Waals surface area (Å²) in [6.45, 7) is 3.30. The topological polar surface area (TPSA) is 57.6 Å². The number of anilines is 1. The minimum atomic E-state index is -3.87. The molecule has 6 heteroatoms. The summed E-state index contributed by atoms with van der Waals surface area (Å²) in [5.41, 5.74) is 0.954. The summed E-state index contributed by atoms with van der Waals surface area (Å²) in [5, 5.41) is 0.649. The van der Waals surface area contributed by atoms with E-state index in [9.17, 15) is 8.42 Å². The molecule has 17 heavy (non-hydrogen) atoms. The number of benzene rings is 1. The molecule has 0 unspecified atom stereocenters. The van der Waals surface area contributed by atoms with Crippen molar-refractivity contribution in [1.82, 2.24) is 0 Å². The van der Waals surface area contributed by atoms with Gasteiger partial charge in [0.25, 0.3) is 10.1 Å². The largest absolute Gasteiger partial charge is 0.372 e. The summed E-state index contributed by atoms with van der Waals surface area (Å²) in [6.07, 6.45) is 0.388. The van der Waals surface area contributed by atoms with Gasteiger partial charge in [-0.1, -0.05) is 17.7 Å². The molecule has 0 amide bonds. The van der Waals surface area contributed by atoms with Gasteiger partial charge in [0.15, 0.2) is 0 Å². The summed E-state index contributed by atoms with van der Waals surface area (Å²) >= 11 is 5.89. The lowest BCUT2D eigenvalue weighted by atomic mass is 10.2. The first-order chi connectivity index (χ1) is 7.92. The Morgan fingerprint density at radius 1 is 1.41 bits per heavy atom. The van der Waals surface area contributed by atoms with Crippen LogP contribution in [-0.4, -0.2) is 31.8 Å². The molecule has 0 atom stereocenters. The summed E-state index contributed by atoms with van der Waals surface area (Å²) in [7, 11) is -3.87. The minimum absolute atomic E-state index is 0.218. The predicted molar refractivity (Wildman–Crippen MR) is 70.4 cm³/mol. The van der Waals surface area contributed by atoms with Crippen LogP contribution in [0.25, 0.3) is 0 Å². The molecule has 0 aliphatic rings. The molecule has 0 aromatic heterocycles. The Morgan fingerprint density at radius 2 is 2.12 bits per heavy atom. The van der Waals surface area contributed by atoms with E-state index in [0.29, 0.717) is 18.0 Å². The fraction of sp³-hybridized carbons (Fsp3) is 0.455. The molecule has 0 fully saturated rings. The van der Waals surface area contributed by atoms with Crippen molar-refractivity contribution in [3.63, 3.8) is 0 Å². The third kappa shape index (κ3) is 5.39. The Labute approximate surface area is 107 Å². The molecule has 4 nitrogen and oxygen atoms in total. The zero-order valence-corrected chi connectivity index (χ0v) is 11.2. The normalized spacial score (nSPS) is 11.5. The molecule has 0 heterocycles. The van der Waals surface area contributed by atoms with Gasteiger partial charge in [0.2, 0.25) is 0 Å². The molecule has 1 aromatic carbocycles. The fourth-order valence-corrected chi connectivity index (χ4v) is 2.26. The number of rotatable bonds is 6. The lowest BCUT2D eigenvalue weighted by Crippen LogP contribution is -2.25. The third-order valence-corrected chi connectivity index (χ3v) is 3.43. The summed E-state index contributed by atoms with van der Waals surface area (Å²) < 4.78 is 29.9. The molecule has 1 rings (SSSR count). The Hall–Kier alpha value is -0.780. The van der Waals surface area contributed by atoms with Crippen molar-refractivity contribution in [3.05, 3.63) is 29.3 Å². The van der Waals surface area contributed by atoms with Crippen LogP contribution in [0, 0.1) is 0 Å². The van der Waals surface area contributed by atoms with Crippen LogP contribution in [0.3, 0.4) is 0 Å². The monoisotopic (exact) mass is 277 g/mol. The Morgan fingerprint density at radius 3 is 2.65 bits per heavy atom. The molecule has 0 spiro atoms.